The van der Waals surface area contributed by atoms with E-state index in [1.165, 1.54) is 11.2 Å². The summed E-state index contributed by atoms with van der Waals surface area (Å²) in [6, 6.07) is 0. The molecule has 0 aromatic carbocycles. The highest BCUT2D eigenvalue weighted by Gasteiger charge is 2.30. The molecule has 1 heterocycles. The van der Waals surface area contributed by atoms with E-state index in [2.05, 4.69) is 4.98 Å². The lowest BCUT2D eigenvalue weighted by Gasteiger charge is -2.33. The number of aryl methyl sites for hydroxylation is 1. The minimum absolute atomic E-state index is 0.253. The van der Waals surface area contributed by atoms with Gasteiger partial charge in [0.1, 0.15) is 12.2 Å². The smallest absolute Gasteiger partial charge is 0.323 e. The van der Waals surface area contributed by atoms with Crippen molar-refractivity contribution < 1.29 is 14.7 Å². The van der Waals surface area contributed by atoms with Crippen LogP contribution in [0.1, 0.15) is 31.3 Å². The van der Waals surface area contributed by atoms with Gasteiger partial charge in [-0.05, 0) is 20.8 Å². The first-order valence-electron chi connectivity index (χ1n) is 5.23. The maximum Gasteiger partial charge on any atom is 0.323 e. The number of aromatic nitrogens is 2. The molecule has 0 aliphatic rings. The van der Waals surface area contributed by atoms with Crippen molar-refractivity contribution in [1.82, 2.24) is 14.5 Å². The van der Waals surface area contributed by atoms with Crippen molar-refractivity contribution >= 4 is 11.9 Å². The van der Waals surface area contributed by atoms with Crippen LogP contribution in [0.2, 0.25) is 0 Å². The summed E-state index contributed by atoms with van der Waals surface area (Å²) in [5.74, 6) is -1.41. The third-order valence-corrected chi connectivity index (χ3v) is 2.27. The van der Waals surface area contributed by atoms with Gasteiger partial charge in [0.15, 0.2) is 0 Å². The van der Waals surface area contributed by atoms with E-state index in [1.54, 1.807) is 38.6 Å². The molecule has 0 bridgehead atoms. The number of nitrogens with zero attached hydrogens (tertiary/aromatic N) is 3. The van der Waals surface area contributed by atoms with E-state index in [4.69, 9.17) is 5.11 Å². The molecule has 0 saturated heterocycles. The molecule has 1 aromatic heterocycles. The number of carbonyl (C=O) groups is 2. The fourth-order valence-corrected chi connectivity index (χ4v) is 1.41. The Morgan fingerprint density at radius 3 is 2.41 bits per heavy atom. The van der Waals surface area contributed by atoms with Crippen LogP contribution in [0, 0.1) is 0 Å². The molecule has 1 N–H and O–H groups in total. The summed E-state index contributed by atoms with van der Waals surface area (Å²) in [5.41, 5.74) is -0.309. The quantitative estimate of drug-likeness (QED) is 0.844. The first-order valence-corrected chi connectivity index (χ1v) is 5.23. The molecule has 0 unspecified atom stereocenters. The second kappa shape index (κ2) is 4.57. The van der Waals surface area contributed by atoms with Crippen LogP contribution in [-0.2, 0) is 11.8 Å². The zero-order chi connectivity index (χ0) is 13.2. The molecule has 6 heteroatoms. The summed E-state index contributed by atoms with van der Waals surface area (Å²) in [4.78, 5) is 28.1. The van der Waals surface area contributed by atoms with Crippen LogP contribution < -0.4 is 0 Å². The SMILES string of the molecule is Cn1cnc(C(=O)N(CC(=O)O)C(C)(C)C)c1. The summed E-state index contributed by atoms with van der Waals surface area (Å²) < 4.78 is 1.65. The monoisotopic (exact) mass is 239 g/mol. The average molecular weight is 239 g/mol. The molecule has 17 heavy (non-hydrogen) atoms. The molecule has 94 valence electrons. The van der Waals surface area contributed by atoms with E-state index in [-0.39, 0.29) is 18.1 Å². The molecule has 6 nitrogen and oxygen atoms in total. The molecule has 0 radical (unpaired) electrons. The maximum atomic E-state index is 12.1. The third-order valence-electron chi connectivity index (χ3n) is 2.27. The van der Waals surface area contributed by atoms with E-state index in [9.17, 15) is 9.59 Å². The van der Waals surface area contributed by atoms with E-state index >= 15 is 0 Å². The zero-order valence-electron chi connectivity index (χ0n) is 10.5. The summed E-state index contributed by atoms with van der Waals surface area (Å²) in [6.45, 7) is 5.03. The number of imidazole rings is 1. The van der Waals surface area contributed by atoms with Crippen LogP contribution in [0.3, 0.4) is 0 Å². The Kier molecular flexibility index (Phi) is 3.55. The Labute approximate surface area is 99.9 Å². The lowest BCUT2D eigenvalue weighted by Crippen LogP contribution is -2.48. The third kappa shape index (κ3) is 3.30. The summed E-state index contributed by atoms with van der Waals surface area (Å²) in [6.07, 6.45) is 3.08. The molecule has 1 aromatic rings. The van der Waals surface area contributed by atoms with Gasteiger partial charge in [0.2, 0.25) is 0 Å². The molecule has 1 rings (SSSR count). The van der Waals surface area contributed by atoms with E-state index < -0.39 is 11.5 Å². The van der Waals surface area contributed by atoms with Crippen molar-refractivity contribution in [1.29, 1.82) is 0 Å². The van der Waals surface area contributed by atoms with Gasteiger partial charge >= 0.3 is 5.97 Å². The minimum atomic E-state index is -1.04. The van der Waals surface area contributed by atoms with Gasteiger partial charge in [0.05, 0.1) is 6.33 Å². The number of aliphatic carboxylic acids is 1. The van der Waals surface area contributed by atoms with Crippen molar-refractivity contribution in [3.63, 3.8) is 0 Å². The lowest BCUT2D eigenvalue weighted by molar-refractivity contribution is -0.138. The molecule has 0 spiro atoms. The number of hydrogen-bond donors (Lipinski definition) is 1. The lowest BCUT2D eigenvalue weighted by atomic mass is 10.1. The largest absolute Gasteiger partial charge is 0.480 e. The second-order valence-corrected chi connectivity index (χ2v) is 4.88. The zero-order valence-corrected chi connectivity index (χ0v) is 10.5. The highest BCUT2D eigenvalue weighted by atomic mass is 16.4. The topological polar surface area (TPSA) is 75.4 Å². The number of carbonyl (C=O) groups excluding carboxylic acids is 1. The van der Waals surface area contributed by atoms with Crippen molar-refractivity contribution in [2.45, 2.75) is 26.3 Å². The first kappa shape index (κ1) is 13.2. The first-order chi connectivity index (χ1) is 7.71. The van der Waals surface area contributed by atoms with Crippen LogP contribution in [0.15, 0.2) is 12.5 Å². The predicted octanol–water partition coefficient (Wildman–Crippen LogP) is 0.745. The van der Waals surface area contributed by atoms with Gasteiger partial charge in [-0.1, -0.05) is 0 Å². The van der Waals surface area contributed by atoms with Gasteiger partial charge in [0, 0.05) is 18.8 Å². The fourth-order valence-electron chi connectivity index (χ4n) is 1.41. The summed E-state index contributed by atoms with van der Waals surface area (Å²) in [7, 11) is 1.75. The summed E-state index contributed by atoms with van der Waals surface area (Å²) >= 11 is 0. The van der Waals surface area contributed by atoms with Crippen molar-refractivity contribution in [3.05, 3.63) is 18.2 Å². The van der Waals surface area contributed by atoms with Crippen LogP contribution in [0.25, 0.3) is 0 Å². The molecule has 1 amide bonds. The maximum absolute atomic E-state index is 12.1. The standard InChI is InChI=1S/C11H17N3O3/c1-11(2,3)14(6-9(15)16)10(17)8-5-13(4)7-12-8/h5,7H,6H2,1-4H3,(H,15,16). The molecular formula is C11H17N3O3. The highest BCUT2D eigenvalue weighted by Crippen LogP contribution is 2.16. The van der Waals surface area contributed by atoms with Gasteiger partial charge in [-0.3, -0.25) is 9.59 Å². The number of amides is 1. The molecule has 0 atom stereocenters. The summed E-state index contributed by atoms with van der Waals surface area (Å²) in [5, 5.41) is 8.83. The van der Waals surface area contributed by atoms with Gasteiger partial charge in [-0.2, -0.15) is 0 Å². The van der Waals surface area contributed by atoms with Crippen LogP contribution in [0.4, 0.5) is 0 Å². The Bertz CT molecular complexity index is 431. The van der Waals surface area contributed by atoms with Gasteiger partial charge in [-0.15, -0.1) is 0 Å². The molecule has 0 fully saturated rings. The average Bonchev–Trinajstić information content (AvgIpc) is 2.58. The van der Waals surface area contributed by atoms with E-state index in [0.29, 0.717) is 0 Å². The normalized spacial score (nSPS) is 11.3. The van der Waals surface area contributed by atoms with Crippen LogP contribution in [0.5, 0.6) is 0 Å². The number of carboxylic acid groups (broad SMARTS) is 1. The molecule has 0 aliphatic carbocycles. The number of rotatable bonds is 3. The van der Waals surface area contributed by atoms with Crippen molar-refractivity contribution in [3.8, 4) is 0 Å². The van der Waals surface area contributed by atoms with E-state index in [1.807, 2.05) is 0 Å². The Hall–Kier alpha value is -1.85. The minimum Gasteiger partial charge on any atom is -0.480 e. The van der Waals surface area contributed by atoms with Gasteiger partial charge in [-0.25, -0.2) is 4.98 Å². The highest BCUT2D eigenvalue weighted by molar-refractivity contribution is 5.94. The second-order valence-electron chi connectivity index (χ2n) is 4.88. The predicted molar refractivity (Wildman–Crippen MR) is 61.6 cm³/mol. The fraction of sp³-hybridized carbons (Fsp3) is 0.545. The van der Waals surface area contributed by atoms with Gasteiger partial charge < -0.3 is 14.6 Å². The van der Waals surface area contributed by atoms with Gasteiger partial charge in [0.25, 0.3) is 5.91 Å². The Morgan fingerprint density at radius 2 is 2.06 bits per heavy atom. The van der Waals surface area contributed by atoms with E-state index in [0.717, 1.165) is 0 Å². The number of hydrogen-bond acceptors (Lipinski definition) is 3. The number of carboxylic acids is 1. The molecule has 0 saturated carbocycles. The Balaban J connectivity index is 2.99. The van der Waals surface area contributed by atoms with Crippen molar-refractivity contribution in [2.24, 2.45) is 7.05 Å². The van der Waals surface area contributed by atoms with Crippen LogP contribution in [-0.4, -0.2) is 43.5 Å². The van der Waals surface area contributed by atoms with Crippen molar-refractivity contribution in [2.75, 3.05) is 6.54 Å². The van der Waals surface area contributed by atoms with Crippen LogP contribution >= 0.6 is 0 Å². The molecule has 0 aliphatic heterocycles. The Morgan fingerprint density at radius 1 is 1.47 bits per heavy atom. The molecular weight excluding hydrogens is 222 g/mol.